The Labute approximate surface area is 188 Å². The molecular weight excluding hydrogens is 424 g/mol. The van der Waals surface area contributed by atoms with Crippen LogP contribution in [0.2, 0.25) is 0 Å². The first-order valence-electron chi connectivity index (χ1n) is 10.3. The predicted molar refractivity (Wildman–Crippen MR) is 126 cm³/mol. The molecule has 1 fully saturated rings. The van der Waals surface area contributed by atoms with Crippen LogP contribution < -0.4 is 10.2 Å². The molecule has 0 unspecified atom stereocenters. The highest BCUT2D eigenvalue weighted by Gasteiger charge is 2.28. The minimum Gasteiger partial charge on any atom is -0.354 e. The second-order valence-electron chi connectivity index (χ2n) is 7.34. The molecule has 2 heterocycles. The van der Waals surface area contributed by atoms with Gasteiger partial charge in [0.15, 0.2) is 0 Å². The summed E-state index contributed by atoms with van der Waals surface area (Å²) in [6.45, 7) is 1.87. The molecular formula is C24H24N4O3S. The summed E-state index contributed by atoms with van der Waals surface area (Å²) in [5, 5.41) is 2.79. The molecule has 32 heavy (non-hydrogen) atoms. The third-order valence-electron chi connectivity index (χ3n) is 5.19. The summed E-state index contributed by atoms with van der Waals surface area (Å²) in [7, 11) is -3.48. The Morgan fingerprint density at radius 1 is 0.875 bits per heavy atom. The number of carbonyl (C=O) groups is 1. The topological polar surface area (TPSA) is 82.6 Å². The van der Waals surface area contributed by atoms with Crippen LogP contribution in [0.25, 0.3) is 6.08 Å². The zero-order chi connectivity index (χ0) is 22.4. The number of carbonyl (C=O) groups excluding carboxylic acids is 1. The number of amides is 1. The maximum absolute atomic E-state index is 12.8. The van der Waals surface area contributed by atoms with Crippen molar-refractivity contribution in [3.8, 4) is 0 Å². The van der Waals surface area contributed by atoms with Gasteiger partial charge in [0, 0.05) is 32.3 Å². The average molecular weight is 449 g/mol. The Morgan fingerprint density at radius 3 is 2.16 bits per heavy atom. The Balaban J connectivity index is 1.32. The van der Waals surface area contributed by atoms with Crippen molar-refractivity contribution in [2.75, 3.05) is 36.4 Å². The smallest absolute Gasteiger partial charge is 0.248 e. The molecule has 8 heteroatoms. The predicted octanol–water partition coefficient (Wildman–Crippen LogP) is 3.24. The molecule has 1 aliphatic heterocycles. The minimum absolute atomic E-state index is 0.233. The number of rotatable bonds is 6. The quantitative estimate of drug-likeness (QED) is 0.586. The van der Waals surface area contributed by atoms with Crippen molar-refractivity contribution in [1.82, 2.24) is 9.29 Å². The SMILES string of the molecule is O=C(/C=C/c1ccccc1)Nc1ccc(N2CCN(S(=O)(=O)c3ccccc3)CC2)nc1. The first-order chi connectivity index (χ1) is 15.5. The normalized spacial score (nSPS) is 15.1. The zero-order valence-electron chi connectivity index (χ0n) is 17.5. The van der Waals surface area contributed by atoms with E-state index in [-0.39, 0.29) is 5.91 Å². The summed E-state index contributed by atoms with van der Waals surface area (Å²) in [6, 6.07) is 21.7. The molecule has 0 spiro atoms. The van der Waals surface area contributed by atoms with Gasteiger partial charge in [0.1, 0.15) is 5.82 Å². The van der Waals surface area contributed by atoms with Gasteiger partial charge in [0.05, 0.1) is 16.8 Å². The maximum atomic E-state index is 12.8. The molecule has 0 radical (unpaired) electrons. The Kier molecular flexibility index (Phi) is 6.63. The highest BCUT2D eigenvalue weighted by atomic mass is 32.2. The Bertz CT molecular complexity index is 1170. The maximum Gasteiger partial charge on any atom is 0.248 e. The first-order valence-corrected chi connectivity index (χ1v) is 11.8. The van der Waals surface area contributed by atoms with Crippen molar-refractivity contribution in [2.24, 2.45) is 0 Å². The van der Waals surface area contributed by atoms with Gasteiger partial charge in [-0.3, -0.25) is 4.79 Å². The molecule has 164 valence electrons. The van der Waals surface area contributed by atoms with Crippen LogP contribution >= 0.6 is 0 Å². The van der Waals surface area contributed by atoms with Gasteiger partial charge in [-0.1, -0.05) is 48.5 Å². The highest BCUT2D eigenvalue weighted by Crippen LogP contribution is 2.20. The molecule has 1 N–H and O–H groups in total. The van der Waals surface area contributed by atoms with Crippen molar-refractivity contribution < 1.29 is 13.2 Å². The number of hydrogen-bond donors (Lipinski definition) is 1. The van der Waals surface area contributed by atoms with E-state index in [1.165, 1.54) is 10.4 Å². The van der Waals surface area contributed by atoms with Gasteiger partial charge in [0.25, 0.3) is 0 Å². The number of pyridine rings is 1. The van der Waals surface area contributed by atoms with E-state index >= 15 is 0 Å². The lowest BCUT2D eigenvalue weighted by molar-refractivity contribution is -0.111. The van der Waals surface area contributed by atoms with E-state index in [0.717, 1.165) is 11.4 Å². The summed E-state index contributed by atoms with van der Waals surface area (Å²) in [6.07, 6.45) is 4.84. The third kappa shape index (κ3) is 5.22. The molecule has 0 aliphatic carbocycles. The molecule has 4 rings (SSSR count). The van der Waals surface area contributed by atoms with Crippen molar-refractivity contribution >= 4 is 33.5 Å². The lowest BCUT2D eigenvalue weighted by Gasteiger charge is -2.34. The number of sulfonamides is 1. The number of nitrogens with zero attached hydrogens (tertiary/aromatic N) is 3. The summed E-state index contributed by atoms with van der Waals surface area (Å²) < 4.78 is 27.0. The van der Waals surface area contributed by atoms with E-state index in [1.807, 2.05) is 41.3 Å². The Morgan fingerprint density at radius 2 is 1.53 bits per heavy atom. The van der Waals surface area contributed by atoms with Crippen LogP contribution in [0, 0.1) is 0 Å². The third-order valence-corrected chi connectivity index (χ3v) is 7.10. The fraction of sp³-hybridized carbons (Fsp3) is 0.167. The fourth-order valence-corrected chi connectivity index (χ4v) is 4.91. The fourth-order valence-electron chi connectivity index (χ4n) is 3.47. The molecule has 0 bridgehead atoms. The van der Waals surface area contributed by atoms with Crippen LogP contribution in [0.3, 0.4) is 0 Å². The van der Waals surface area contributed by atoms with Crippen LogP contribution in [-0.4, -0.2) is 49.8 Å². The van der Waals surface area contributed by atoms with Crippen molar-refractivity contribution in [1.29, 1.82) is 0 Å². The van der Waals surface area contributed by atoms with Gasteiger partial charge in [-0.2, -0.15) is 4.31 Å². The lowest BCUT2D eigenvalue weighted by Crippen LogP contribution is -2.48. The van der Waals surface area contributed by atoms with Crippen molar-refractivity contribution in [2.45, 2.75) is 4.90 Å². The van der Waals surface area contributed by atoms with Crippen molar-refractivity contribution in [3.05, 3.63) is 90.6 Å². The van der Waals surface area contributed by atoms with Crippen LogP contribution in [0.5, 0.6) is 0 Å². The molecule has 1 aromatic heterocycles. The van der Waals surface area contributed by atoms with Gasteiger partial charge < -0.3 is 10.2 Å². The van der Waals surface area contributed by atoms with Gasteiger partial charge in [-0.15, -0.1) is 0 Å². The summed E-state index contributed by atoms with van der Waals surface area (Å²) in [4.78, 5) is 18.9. The number of nitrogens with one attached hydrogen (secondary N) is 1. The van der Waals surface area contributed by atoms with Gasteiger partial charge in [0.2, 0.25) is 15.9 Å². The molecule has 3 aromatic rings. The van der Waals surface area contributed by atoms with E-state index in [2.05, 4.69) is 10.3 Å². The standard InChI is InChI=1S/C24H24N4O3S/c29-24(14-11-20-7-3-1-4-8-20)26-21-12-13-23(25-19-21)27-15-17-28(18-16-27)32(30,31)22-9-5-2-6-10-22/h1-14,19H,15-18H2,(H,26,29)/b14-11+. The van der Waals surface area contributed by atoms with E-state index in [4.69, 9.17) is 0 Å². The average Bonchev–Trinajstić information content (AvgIpc) is 2.84. The van der Waals surface area contributed by atoms with E-state index in [1.54, 1.807) is 48.7 Å². The number of benzene rings is 2. The molecule has 7 nitrogen and oxygen atoms in total. The summed E-state index contributed by atoms with van der Waals surface area (Å²) in [5.74, 6) is 0.516. The van der Waals surface area contributed by atoms with Crippen LogP contribution in [0.4, 0.5) is 11.5 Å². The van der Waals surface area contributed by atoms with Crippen LogP contribution in [-0.2, 0) is 14.8 Å². The van der Waals surface area contributed by atoms with Gasteiger partial charge >= 0.3 is 0 Å². The molecule has 2 aromatic carbocycles. The molecule has 1 amide bonds. The number of aromatic nitrogens is 1. The van der Waals surface area contributed by atoms with E-state index in [9.17, 15) is 13.2 Å². The van der Waals surface area contributed by atoms with E-state index in [0.29, 0.717) is 36.8 Å². The zero-order valence-corrected chi connectivity index (χ0v) is 18.3. The van der Waals surface area contributed by atoms with E-state index < -0.39 is 10.0 Å². The van der Waals surface area contributed by atoms with Crippen LogP contribution in [0.15, 0.2) is 90.0 Å². The van der Waals surface area contributed by atoms with Gasteiger partial charge in [-0.05, 0) is 35.9 Å². The second kappa shape index (κ2) is 9.76. The Hall–Kier alpha value is -3.49. The minimum atomic E-state index is -3.48. The number of piperazine rings is 1. The van der Waals surface area contributed by atoms with Crippen LogP contribution in [0.1, 0.15) is 5.56 Å². The monoisotopic (exact) mass is 448 g/mol. The number of hydrogen-bond acceptors (Lipinski definition) is 5. The van der Waals surface area contributed by atoms with Crippen molar-refractivity contribution in [3.63, 3.8) is 0 Å². The lowest BCUT2D eigenvalue weighted by atomic mass is 10.2. The largest absolute Gasteiger partial charge is 0.354 e. The van der Waals surface area contributed by atoms with Gasteiger partial charge in [-0.25, -0.2) is 13.4 Å². The first kappa shape index (κ1) is 21.7. The molecule has 1 aliphatic rings. The summed E-state index contributed by atoms with van der Waals surface area (Å²) in [5.41, 5.74) is 1.55. The summed E-state index contributed by atoms with van der Waals surface area (Å²) >= 11 is 0. The molecule has 0 saturated carbocycles. The molecule has 1 saturated heterocycles. The second-order valence-corrected chi connectivity index (χ2v) is 9.28. The number of anilines is 2. The highest BCUT2D eigenvalue weighted by molar-refractivity contribution is 7.89. The molecule has 0 atom stereocenters.